The van der Waals surface area contributed by atoms with Gasteiger partial charge in [-0.05, 0) is 48.2 Å². The molecule has 3 aromatic carbocycles. The minimum atomic E-state index is -0.334. The molecule has 4 nitrogen and oxygen atoms in total. The van der Waals surface area contributed by atoms with Gasteiger partial charge in [0.05, 0.1) is 26.1 Å². The van der Waals surface area contributed by atoms with Crippen molar-refractivity contribution in [3.8, 4) is 28.4 Å². The van der Waals surface area contributed by atoms with Gasteiger partial charge in [-0.1, -0.05) is 42.5 Å². The van der Waals surface area contributed by atoms with Gasteiger partial charge in [-0.25, -0.2) is 9.07 Å². The normalized spacial score (nSPS) is 10.8. The van der Waals surface area contributed by atoms with Gasteiger partial charge in [-0.3, -0.25) is 0 Å². The zero-order valence-corrected chi connectivity index (χ0v) is 17.0. The van der Waals surface area contributed by atoms with Gasteiger partial charge in [-0.15, -0.1) is 0 Å². The molecule has 0 amide bonds. The minimum absolute atomic E-state index is 0.334. The molecule has 1 aromatic heterocycles. The summed E-state index contributed by atoms with van der Waals surface area (Å²) in [5.41, 5.74) is 4.29. The van der Waals surface area contributed by atoms with E-state index in [0.717, 1.165) is 35.4 Å². The lowest BCUT2D eigenvalue weighted by Crippen LogP contribution is -2.04. The van der Waals surface area contributed by atoms with E-state index in [9.17, 15) is 4.39 Å². The number of hydrogen-bond acceptors (Lipinski definition) is 3. The fraction of sp³-hybridized carbons (Fsp3) is 0.160. The van der Waals surface area contributed by atoms with Crippen LogP contribution >= 0.6 is 0 Å². The molecule has 0 saturated heterocycles. The second-order valence-corrected chi connectivity index (χ2v) is 6.93. The summed E-state index contributed by atoms with van der Waals surface area (Å²) in [4.78, 5) is 0. The summed E-state index contributed by atoms with van der Waals surface area (Å²) in [5.74, 6) is 1.08. The maximum atomic E-state index is 14.4. The van der Waals surface area contributed by atoms with E-state index in [-0.39, 0.29) is 5.82 Å². The number of aryl methyl sites for hydroxylation is 2. The topological polar surface area (TPSA) is 36.3 Å². The molecular weight excluding hydrogens is 379 g/mol. The highest BCUT2D eigenvalue weighted by molar-refractivity contribution is 5.72. The first-order valence-electron chi connectivity index (χ1n) is 9.79. The van der Waals surface area contributed by atoms with Gasteiger partial charge >= 0.3 is 0 Å². The Labute approximate surface area is 175 Å². The van der Waals surface area contributed by atoms with Gasteiger partial charge in [0.1, 0.15) is 23.0 Å². The summed E-state index contributed by atoms with van der Waals surface area (Å²) in [6.07, 6.45) is 3.35. The smallest absolute Gasteiger partial charge is 0.148 e. The number of nitrogens with zero attached hydrogens (tertiary/aromatic N) is 2. The SMILES string of the molecule is COc1cc(OC)c(-c2ccnn2-c2ccccc2F)cc1CCc1ccccc1. The maximum absolute atomic E-state index is 14.4. The number of ether oxygens (including phenoxy) is 2. The van der Waals surface area contributed by atoms with Crippen LogP contribution in [-0.2, 0) is 12.8 Å². The van der Waals surface area contributed by atoms with Gasteiger partial charge in [0, 0.05) is 11.6 Å². The van der Waals surface area contributed by atoms with E-state index >= 15 is 0 Å². The highest BCUT2D eigenvalue weighted by atomic mass is 19.1. The zero-order chi connectivity index (χ0) is 20.9. The molecule has 4 rings (SSSR count). The maximum Gasteiger partial charge on any atom is 0.148 e. The molecule has 1 heterocycles. The molecule has 0 unspecified atom stereocenters. The van der Waals surface area contributed by atoms with E-state index in [4.69, 9.17) is 9.47 Å². The summed E-state index contributed by atoms with van der Waals surface area (Å²) >= 11 is 0. The third kappa shape index (κ3) is 3.92. The summed E-state index contributed by atoms with van der Waals surface area (Å²) in [6, 6.07) is 22.7. The van der Waals surface area contributed by atoms with E-state index in [1.807, 2.05) is 30.3 Å². The van der Waals surface area contributed by atoms with E-state index in [1.54, 1.807) is 43.3 Å². The van der Waals surface area contributed by atoms with E-state index < -0.39 is 0 Å². The molecule has 0 fully saturated rings. The van der Waals surface area contributed by atoms with Crippen LogP contribution in [-0.4, -0.2) is 24.0 Å². The summed E-state index contributed by atoms with van der Waals surface area (Å²) in [7, 11) is 3.27. The zero-order valence-electron chi connectivity index (χ0n) is 17.0. The average molecular weight is 402 g/mol. The molecule has 0 aliphatic heterocycles. The molecule has 152 valence electrons. The summed E-state index contributed by atoms with van der Waals surface area (Å²) in [6.45, 7) is 0. The lowest BCUT2D eigenvalue weighted by molar-refractivity contribution is 0.392. The molecule has 0 radical (unpaired) electrons. The van der Waals surface area contributed by atoms with E-state index in [0.29, 0.717) is 11.4 Å². The van der Waals surface area contributed by atoms with E-state index in [2.05, 4.69) is 23.3 Å². The fourth-order valence-electron chi connectivity index (χ4n) is 3.61. The van der Waals surface area contributed by atoms with Crippen molar-refractivity contribution in [1.29, 1.82) is 0 Å². The van der Waals surface area contributed by atoms with Crippen molar-refractivity contribution in [3.05, 3.63) is 95.9 Å². The largest absolute Gasteiger partial charge is 0.496 e. The third-order valence-electron chi connectivity index (χ3n) is 5.13. The summed E-state index contributed by atoms with van der Waals surface area (Å²) < 4.78 is 27.3. The molecule has 0 aliphatic carbocycles. The molecule has 30 heavy (non-hydrogen) atoms. The third-order valence-corrected chi connectivity index (χ3v) is 5.13. The predicted octanol–water partition coefficient (Wildman–Crippen LogP) is 5.48. The summed E-state index contributed by atoms with van der Waals surface area (Å²) in [5, 5.41) is 4.35. The van der Waals surface area contributed by atoms with Crippen LogP contribution in [0.15, 0.2) is 79.0 Å². The molecule has 4 aromatic rings. The molecular formula is C25H23FN2O2. The fourth-order valence-corrected chi connectivity index (χ4v) is 3.61. The van der Waals surface area contributed by atoms with Crippen molar-refractivity contribution < 1.29 is 13.9 Å². The van der Waals surface area contributed by atoms with Crippen LogP contribution < -0.4 is 9.47 Å². The van der Waals surface area contributed by atoms with Crippen molar-refractivity contribution in [2.24, 2.45) is 0 Å². The van der Waals surface area contributed by atoms with Gasteiger partial charge in [-0.2, -0.15) is 5.10 Å². The Bertz CT molecular complexity index is 1140. The lowest BCUT2D eigenvalue weighted by Gasteiger charge is -2.16. The van der Waals surface area contributed by atoms with Gasteiger partial charge in [0.25, 0.3) is 0 Å². The number of hydrogen-bond donors (Lipinski definition) is 0. The van der Waals surface area contributed by atoms with Crippen molar-refractivity contribution in [2.75, 3.05) is 14.2 Å². The molecule has 0 spiro atoms. The standard InChI is InChI=1S/C25H23FN2O2/c1-29-24-17-25(30-2)20(16-19(24)13-12-18-8-4-3-5-9-18)22-14-15-27-28(22)23-11-7-6-10-21(23)26/h3-11,14-17H,12-13H2,1-2H3. The van der Waals surface area contributed by atoms with Crippen LogP contribution in [0, 0.1) is 5.82 Å². The Kier molecular flexibility index (Phi) is 5.80. The first-order chi connectivity index (χ1) is 14.7. The Balaban J connectivity index is 1.77. The monoisotopic (exact) mass is 402 g/mol. The second kappa shape index (κ2) is 8.82. The van der Waals surface area contributed by atoms with Crippen LogP contribution in [0.1, 0.15) is 11.1 Å². The average Bonchev–Trinajstić information content (AvgIpc) is 3.27. The minimum Gasteiger partial charge on any atom is -0.496 e. The molecule has 5 heteroatoms. The molecule has 0 bridgehead atoms. The van der Waals surface area contributed by atoms with Crippen LogP contribution in [0.5, 0.6) is 11.5 Å². The highest BCUT2D eigenvalue weighted by Gasteiger charge is 2.18. The Morgan fingerprint density at radius 2 is 1.57 bits per heavy atom. The molecule has 0 atom stereocenters. The predicted molar refractivity (Wildman–Crippen MR) is 116 cm³/mol. The van der Waals surface area contributed by atoms with Gasteiger partial charge in [0.2, 0.25) is 0 Å². The van der Waals surface area contributed by atoms with Crippen molar-refractivity contribution in [2.45, 2.75) is 12.8 Å². The van der Waals surface area contributed by atoms with Crippen molar-refractivity contribution in [1.82, 2.24) is 9.78 Å². The van der Waals surface area contributed by atoms with Gasteiger partial charge < -0.3 is 9.47 Å². The first kappa shape index (κ1) is 19.7. The van der Waals surface area contributed by atoms with Crippen LogP contribution in [0.3, 0.4) is 0 Å². The number of methoxy groups -OCH3 is 2. The lowest BCUT2D eigenvalue weighted by atomic mass is 9.99. The Morgan fingerprint density at radius 1 is 0.833 bits per heavy atom. The molecule has 0 N–H and O–H groups in total. The Hall–Kier alpha value is -3.60. The number of rotatable bonds is 7. The number of para-hydroxylation sites is 1. The van der Waals surface area contributed by atoms with Gasteiger partial charge in [0.15, 0.2) is 0 Å². The van der Waals surface area contributed by atoms with Crippen LogP contribution in [0.2, 0.25) is 0 Å². The highest BCUT2D eigenvalue weighted by Crippen LogP contribution is 2.37. The first-order valence-corrected chi connectivity index (χ1v) is 9.79. The van der Waals surface area contributed by atoms with Crippen molar-refractivity contribution in [3.63, 3.8) is 0 Å². The number of halogens is 1. The molecule has 0 aliphatic rings. The second-order valence-electron chi connectivity index (χ2n) is 6.93. The van der Waals surface area contributed by atoms with Crippen LogP contribution in [0.4, 0.5) is 4.39 Å². The molecule has 0 saturated carbocycles. The number of benzene rings is 3. The number of aromatic nitrogens is 2. The quantitative estimate of drug-likeness (QED) is 0.411. The van der Waals surface area contributed by atoms with Crippen LogP contribution in [0.25, 0.3) is 16.9 Å². The van der Waals surface area contributed by atoms with Crippen molar-refractivity contribution >= 4 is 0 Å². The van der Waals surface area contributed by atoms with E-state index in [1.165, 1.54) is 11.6 Å². The Morgan fingerprint density at radius 3 is 2.30 bits per heavy atom.